The van der Waals surface area contributed by atoms with E-state index in [4.69, 9.17) is 10.3 Å². The van der Waals surface area contributed by atoms with Crippen LogP contribution in [0.2, 0.25) is 0 Å². The number of halogens is 1. The number of rotatable bonds is 3. The number of nitrogens with zero attached hydrogens (tertiary/aromatic N) is 1. The highest BCUT2D eigenvalue weighted by atomic mass is 79.9. The quantitative estimate of drug-likeness (QED) is 0.873. The molecule has 2 N–H and O–H groups in total. The van der Waals surface area contributed by atoms with Crippen LogP contribution in [-0.4, -0.2) is 5.16 Å². The third-order valence-electron chi connectivity index (χ3n) is 1.85. The summed E-state index contributed by atoms with van der Waals surface area (Å²) in [6.45, 7) is 4.25. The van der Waals surface area contributed by atoms with Crippen LogP contribution in [0.25, 0.3) is 0 Å². The van der Waals surface area contributed by atoms with Gasteiger partial charge in [-0.25, -0.2) is 0 Å². The highest BCUT2D eigenvalue weighted by molar-refractivity contribution is 9.10. The molecule has 1 aromatic rings. The molecular formula is C8H13BrN2O. The Morgan fingerprint density at radius 3 is 2.75 bits per heavy atom. The van der Waals surface area contributed by atoms with Gasteiger partial charge in [0.1, 0.15) is 4.47 Å². The van der Waals surface area contributed by atoms with Crippen molar-refractivity contribution in [2.45, 2.75) is 32.6 Å². The van der Waals surface area contributed by atoms with Crippen molar-refractivity contribution in [1.82, 2.24) is 5.16 Å². The Morgan fingerprint density at radius 2 is 2.33 bits per heavy atom. The van der Waals surface area contributed by atoms with E-state index in [0.29, 0.717) is 11.7 Å². The summed E-state index contributed by atoms with van der Waals surface area (Å²) in [5, 5.41) is 3.68. The van der Waals surface area contributed by atoms with Gasteiger partial charge in [0.15, 0.2) is 11.6 Å². The second-order valence-electron chi connectivity index (χ2n) is 2.94. The molecular weight excluding hydrogens is 220 g/mol. The Bertz CT molecular complexity index is 260. The van der Waals surface area contributed by atoms with E-state index >= 15 is 0 Å². The van der Waals surface area contributed by atoms with Crippen molar-refractivity contribution in [3.63, 3.8) is 0 Å². The first kappa shape index (κ1) is 9.58. The van der Waals surface area contributed by atoms with E-state index in [9.17, 15) is 0 Å². The van der Waals surface area contributed by atoms with Crippen LogP contribution in [0.1, 0.15) is 38.4 Å². The number of aromatic nitrogens is 1. The van der Waals surface area contributed by atoms with E-state index in [1.807, 2.05) is 0 Å². The maximum Gasteiger partial charge on any atom is 0.181 e. The molecule has 1 atom stereocenters. The fourth-order valence-electron chi connectivity index (χ4n) is 1.18. The van der Waals surface area contributed by atoms with Crippen LogP contribution in [0.3, 0.4) is 0 Å². The molecule has 0 saturated heterocycles. The minimum atomic E-state index is 0.383. The molecule has 1 rings (SSSR count). The van der Waals surface area contributed by atoms with Crippen LogP contribution in [-0.2, 0) is 0 Å². The fraction of sp³-hybridized carbons (Fsp3) is 0.625. The molecule has 0 spiro atoms. The Labute approximate surface area is 80.4 Å². The first-order valence-corrected chi connectivity index (χ1v) is 4.86. The summed E-state index contributed by atoms with van der Waals surface area (Å²) in [7, 11) is 0. The molecule has 12 heavy (non-hydrogen) atoms. The van der Waals surface area contributed by atoms with Crippen LogP contribution in [0.15, 0.2) is 9.00 Å². The van der Waals surface area contributed by atoms with Gasteiger partial charge in [0.25, 0.3) is 0 Å². The number of nitrogen functional groups attached to an aromatic ring is 1. The van der Waals surface area contributed by atoms with Crippen molar-refractivity contribution in [1.29, 1.82) is 0 Å². The first-order chi connectivity index (χ1) is 5.66. The van der Waals surface area contributed by atoms with Gasteiger partial charge in [-0.1, -0.05) is 25.4 Å². The molecule has 4 heteroatoms. The lowest BCUT2D eigenvalue weighted by Gasteiger charge is -2.04. The van der Waals surface area contributed by atoms with Crippen LogP contribution >= 0.6 is 15.9 Å². The number of anilines is 1. The smallest absolute Gasteiger partial charge is 0.181 e. The van der Waals surface area contributed by atoms with Crippen LogP contribution in [0.5, 0.6) is 0 Å². The Kier molecular flexibility index (Phi) is 3.14. The lowest BCUT2D eigenvalue weighted by molar-refractivity contribution is 0.360. The lowest BCUT2D eigenvalue weighted by atomic mass is 10.0. The van der Waals surface area contributed by atoms with Gasteiger partial charge in [-0.3, -0.25) is 0 Å². The van der Waals surface area contributed by atoms with Crippen molar-refractivity contribution in [3.8, 4) is 0 Å². The van der Waals surface area contributed by atoms with Gasteiger partial charge in [-0.05, 0) is 22.4 Å². The predicted octanol–water partition coefficient (Wildman–Crippen LogP) is 2.92. The summed E-state index contributed by atoms with van der Waals surface area (Å²) in [6, 6.07) is 0. The van der Waals surface area contributed by atoms with Crippen molar-refractivity contribution in [2.75, 3.05) is 5.73 Å². The van der Waals surface area contributed by atoms with Gasteiger partial charge in [0, 0.05) is 5.92 Å². The molecule has 0 fully saturated rings. The molecule has 1 heterocycles. The van der Waals surface area contributed by atoms with Gasteiger partial charge in [0.05, 0.1) is 0 Å². The van der Waals surface area contributed by atoms with Gasteiger partial charge < -0.3 is 10.3 Å². The molecule has 0 bridgehead atoms. The summed E-state index contributed by atoms with van der Waals surface area (Å²) in [5.74, 6) is 1.68. The Balaban J connectivity index is 2.80. The normalized spacial score (nSPS) is 13.2. The zero-order valence-electron chi connectivity index (χ0n) is 7.30. The van der Waals surface area contributed by atoms with E-state index in [1.54, 1.807) is 0 Å². The van der Waals surface area contributed by atoms with Gasteiger partial charge in [0.2, 0.25) is 0 Å². The molecule has 0 saturated carbocycles. The summed E-state index contributed by atoms with van der Waals surface area (Å²) in [6.07, 6.45) is 2.22. The summed E-state index contributed by atoms with van der Waals surface area (Å²) >= 11 is 3.34. The monoisotopic (exact) mass is 232 g/mol. The maximum absolute atomic E-state index is 5.52. The molecule has 0 amide bonds. The average molecular weight is 233 g/mol. The summed E-state index contributed by atoms with van der Waals surface area (Å²) in [5.41, 5.74) is 5.52. The number of nitrogens with two attached hydrogens (primary N) is 1. The van der Waals surface area contributed by atoms with Crippen LogP contribution < -0.4 is 5.73 Å². The second kappa shape index (κ2) is 3.94. The molecule has 1 aromatic heterocycles. The standard InChI is InChI=1S/C8H13BrN2O/c1-3-4-5(2)7-6(9)8(10)11-12-7/h5H,3-4H2,1-2H3,(H2,10,11). The fourth-order valence-corrected chi connectivity index (χ4v) is 1.71. The lowest BCUT2D eigenvalue weighted by Crippen LogP contribution is -1.91. The van der Waals surface area contributed by atoms with Crippen molar-refractivity contribution >= 4 is 21.7 Å². The van der Waals surface area contributed by atoms with E-state index in [-0.39, 0.29) is 0 Å². The molecule has 0 aliphatic carbocycles. The van der Waals surface area contributed by atoms with E-state index in [1.165, 1.54) is 0 Å². The molecule has 0 radical (unpaired) electrons. The topological polar surface area (TPSA) is 52.0 Å². The zero-order chi connectivity index (χ0) is 9.14. The molecule has 0 aliphatic heterocycles. The highest BCUT2D eigenvalue weighted by Crippen LogP contribution is 2.31. The third-order valence-corrected chi connectivity index (χ3v) is 2.65. The number of hydrogen-bond donors (Lipinski definition) is 1. The Hall–Kier alpha value is -0.510. The summed E-state index contributed by atoms with van der Waals surface area (Å²) in [4.78, 5) is 0. The SMILES string of the molecule is CCCC(C)c1onc(N)c1Br. The van der Waals surface area contributed by atoms with Gasteiger partial charge in [-0.2, -0.15) is 0 Å². The molecule has 0 aliphatic rings. The zero-order valence-corrected chi connectivity index (χ0v) is 8.89. The molecule has 3 nitrogen and oxygen atoms in total. The van der Waals surface area contributed by atoms with Crippen molar-refractivity contribution < 1.29 is 4.52 Å². The molecule has 0 aromatic carbocycles. The van der Waals surface area contributed by atoms with Crippen LogP contribution in [0.4, 0.5) is 5.82 Å². The Morgan fingerprint density at radius 1 is 1.67 bits per heavy atom. The average Bonchev–Trinajstić information content (AvgIpc) is 2.34. The van der Waals surface area contributed by atoms with Gasteiger partial charge in [-0.15, -0.1) is 0 Å². The van der Waals surface area contributed by atoms with E-state index < -0.39 is 0 Å². The number of hydrogen-bond acceptors (Lipinski definition) is 3. The predicted molar refractivity (Wildman–Crippen MR) is 51.9 cm³/mol. The van der Waals surface area contributed by atoms with Gasteiger partial charge >= 0.3 is 0 Å². The minimum Gasteiger partial charge on any atom is -0.380 e. The highest BCUT2D eigenvalue weighted by Gasteiger charge is 2.16. The van der Waals surface area contributed by atoms with Crippen LogP contribution in [0, 0.1) is 0 Å². The second-order valence-corrected chi connectivity index (χ2v) is 3.73. The van der Waals surface area contributed by atoms with E-state index in [2.05, 4.69) is 34.9 Å². The third kappa shape index (κ3) is 1.80. The summed E-state index contributed by atoms with van der Waals surface area (Å²) < 4.78 is 5.90. The first-order valence-electron chi connectivity index (χ1n) is 4.07. The van der Waals surface area contributed by atoms with Crippen molar-refractivity contribution in [2.24, 2.45) is 0 Å². The van der Waals surface area contributed by atoms with Crippen molar-refractivity contribution in [3.05, 3.63) is 10.2 Å². The molecule has 1 unspecified atom stereocenters. The van der Waals surface area contributed by atoms with E-state index in [0.717, 1.165) is 23.1 Å². The largest absolute Gasteiger partial charge is 0.380 e. The molecule has 68 valence electrons. The maximum atomic E-state index is 5.52. The minimum absolute atomic E-state index is 0.383.